The molecule has 0 aliphatic rings. The molecule has 1 heterocycles. The van der Waals surface area contributed by atoms with Gasteiger partial charge in [-0.25, -0.2) is 0 Å². The van der Waals surface area contributed by atoms with Crippen molar-refractivity contribution in [3.8, 4) is 0 Å². The number of hydrogen-bond donors (Lipinski definition) is 2. The highest BCUT2D eigenvalue weighted by atomic mass is 79.9. The minimum absolute atomic E-state index is 0.281. The third-order valence-corrected chi connectivity index (χ3v) is 2.36. The van der Waals surface area contributed by atoms with Crippen molar-refractivity contribution in [3.05, 3.63) is 16.9 Å². The zero-order chi connectivity index (χ0) is 11.5. The van der Waals surface area contributed by atoms with E-state index in [0.717, 1.165) is 11.0 Å². The average molecular weight is 276 g/mol. The van der Waals surface area contributed by atoms with Crippen LogP contribution >= 0.6 is 15.9 Å². The van der Waals surface area contributed by atoms with Gasteiger partial charge in [0.25, 0.3) is 0 Å². The Hall–Kier alpha value is -0.390. The van der Waals surface area contributed by atoms with E-state index in [1.165, 1.54) is 0 Å². The molecule has 1 atom stereocenters. The maximum absolute atomic E-state index is 9.54. The Kier molecular flexibility index (Phi) is 4.31. The molecule has 0 saturated heterocycles. The van der Waals surface area contributed by atoms with Gasteiger partial charge in [-0.05, 0) is 36.7 Å². The lowest BCUT2D eigenvalue weighted by Gasteiger charge is -2.21. The van der Waals surface area contributed by atoms with Gasteiger partial charge in [0, 0.05) is 18.8 Å². The third-order valence-electron chi connectivity index (χ3n) is 1.95. The Morgan fingerprint density at radius 1 is 1.67 bits per heavy atom. The summed E-state index contributed by atoms with van der Waals surface area (Å²) in [5.41, 5.74) is -0.668. The topological polar surface area (TPSA) is 50.1 Å². The minimum atomic E-state index is -0.668. The van der Waals surface area contributed by atoms with Crippen molar-refractivity contribution in [2.24, 2.45) is 0 Å². The van der Waals surface area contributed by atoms with Crippen LogP contribution in [-0.2, 0) is 6.54 Å². The number of aliphatic hydroxyl groups is 1. The molecule has 0 amide bonds. The molecule has 1 aromatic heterocycles. The standard InChI is InChI=1S/C10H18BrN3O/c1-8(12-7-10(2,3)15)5-14-6-9(11)4-13-14/h4,6,8,12,15H,5,7H2,1-3H3. The lowest BCUT2D eigenvalue weighted by Crippen LogP contribution is -2.41. The fourth-order valence-electron chi connectivity index (χ4n) is 1.21. The van der Waals surface area contributed by atoms with Crippen molar-refractivity contribution in [2.75, 3.05) is 6.54 Å². The van der Waals surface area contributed by atoms with Crippen LogP contribution in [0.2, 0.25) is 0 Å². The molecule has 4 nitrogen and oxygen atoms in total. The van der Waals surface area contributed by atoms with Gasteiger partial charge in [0.15, 0.2) is 0 Å². The maximum atomic E-state index is 9.54. The van der Waals surface area contributed by atoms with Crippen LogP contribution < -0.4 is 5.32 Å². The molecule has 0 saturated carbocycles. The summed E-state index contributed by atoms with van der Waals surface area (Å²) in [6.45, 7) is 7.02. The zero-order valence-corrected chi connectivity index (χ0v) is 11.0. The van der Waals surface area contributed by atoms with Crippen LogP contribution in [0.1, 0.15) is 20.8 Å². The first kappa shape index (κ1) is 12.7. The predicted molar refractivity (Wildman–Crippen MR) is 63.7 cm³/mol. The highest BCUT2D eigenvalue weighted by molar-refractivity contribution is 9.10. The first-order chi connectivity index (χ1) is 6.87. The normalized spacial score (nSPS) is 14.2. The molecule has 15 heavy (non-hydrogen) atoms. The highest BCUT2D eigenvalue weighted by Gasteiger charge is 2.13. The number of nitrogens with zero attached hydrogens (tertiary/aromatic N) is 2. The van der Waals surface area contributed by atoms with Crippen molar-refractivity contribution >= 4 is 15.9 Å². The second kappa shape index (κ2) is 5.09. The van der Waals surface area contributed by atoms with Crippen LogP contribution in [-0.4, -0.2) is 33.1 Å². The lowest BCUT2D eigenvalue weighted by atomic mass is 10.1. The minimum Gasteiger partial charge on any atom is -0.389 e. The molecule has 1 rings (SSSR count). The highest BCUT2D eigenvalue weighted by Crippen LogP contribution is 2.06. The SMILES string of the molecule is CC(Cn1cc(Br)cn1)NCC(C)(C)O. The monoisotopic (exact) mass is 275 g/mol. The van der Waals surface area contributed by atoms with Crippen LogP contribution in [0.25, 0.3) is 0 Å². The summed E-state index contributed by atoms with van der Waals surface area (Å²) < 4.78 is 2.85. The van der Waals surface area contributed by atoms with E-state index in [0.29, 0.717) is 6.54 Å². The van der Waals surface area contributed by atoms with Gasteiger partial charge in [-0.15, -0.1) is 0 Å². The van der Waals surface area contributed by atoms with Gasteiger partial charge >= 0.3 is 0 Å². The molecule has 0 spiro atoms. The van der Waals surface area contributed by atoms with Crippen molar-refractivity contribution in [1.29, 1.82) is 0 Å². The van der Waals surface area contributed by atoms with Crippen LogP contribution in [0, 0.1) is 0 Å². The molecule has 0 aliphatic heterocycles. The number of aromatic nitrogens is 2. The van der Waals surface area contributed by atoms with Crippen molar-refractivity contribution < 1.29 is 5.11 Å². The van der Waals surface area contributed by atoms with Crippen molar-refractivity contribution in [2.45, 2.75) is 39.0 Å². The van der Waals surface area contributed by atoms with E-state index < -0.39 is 5.60 Å². The summed E-state index contributed by atoms with van der Waals surface area (Å²) in [5, 5.41) is 17.0. The number of nitrogens with one attached hydrogen (secondary N) is 1. The summed E-state index contributed by atoms with van der Waals surface area (Å²) in [6.07, 6.45) is 3.70. The molecule has 0 aromatic carbocycles. The van der Waals surface area contributed by atoms with E-state index in [1.54, 1.807) is 20.0 Å². The lowest BCUT2D eigenvalue weighted by molar-refractivity contribution is 0.0762. The van der Waals surface area contributed by atoms with Gasteiger partial charge in [-0.2, -0.15) is 5.10 Å². The number of halogens is 1. The predicted octanol–water partition coefficient (Wildman–Crippen LogP) is 1.39. The summed E-state index contributed by atoms with van der Waals surface area (Å²) in [4.78, 5) is 0. The molecular weight excluding hydrogens is 258 g/mol. The van der Waals surface area contributed by atoms with Crippen molar-refractivity contribution in [3.63, 3.8) is 0 Å². The quantitative estimate of drug-likeness (QED) is 0.854. The van der Waals surface area contributed by atoms with Gasteiger partial charge in [0.05, 0.1) is 22.8 Å². The van der Waals surface area contributed by atoms with Gasteiger partial charge < -0.3 is 10.4 Å². The molecule has 86 valence electrons. The first-order valence-corrected chi connectivity index (χ1v) is 5.80. The summed E-state index contributed by atoms with van der Waals surface area (Å²) in [5.74, 6) is 0. The van der Waals surface area contributed by atoms with E-state index in [4.69, 9.17) is 0 Å². The van der Waals surface area contributed by atoms with Crippen LogP contribution in [0.15, 0.2) is 16.9 Å². The van der Waals surface area contributed by atoms with E-state index >= 15 is 0 Å². The van der Waals surface area contributed by atoms with Crippen molar-refractivity contribution in [1.82, 2.24) is 15.1 Å². The number of rotatable bonds is 5. The average Bonchev–Trinajstić information content (AvgIpc) is 2.47. The van der Waals surface area contributed by atoms with Crippen LogP contribution in [0.3, 0.4) is 0 Å². The van der Waals surface area contributed by atoms with E-state index in [9.17, 15) is 5.11 Å². The number of hydrogen-bond acceptors (Lipinski definition) is 3. The zero-order valence-electron chi connectivity index (χ0n) is 9.37. The smallest absolute Gasteiger partial charge is 0.0715 e. The molecule has 2 N–H and O–H groups in total. The maximum Gasteiger partial charge on any atom is 0.0715 e. The second-order valence-corrected chi connectivity index (χ2v) is 5.39. The van der Waals surface area contributed by atoms with Gasteiger partial charge in [-0.1, -0.05) is 0 Å². The van der Waals surface area contributed by atoms with E-state index in [2.05, 4.69) is 33.3 Å². The Bertz CT molecular complexity index is 306. The molecule has 0 aliphatic carbocycles. The first-order valence-electron chi connectivity index (χ1n) is 5.00. The summed E-state index contributed by atoms with van der Waals surface area (Å²) >= 11 is 3.35. The third kappa shape index (κ3) is 5.30. The summed E-state index contributed by atoms with van der Waals surface area (Å²) in [6, 6.07) is 0.281. The Balaban J connectivity index is 2.33. The van der Waals surface area contributed by atoms with Gasteiger partial charge in [0.1, 0.15) is 0 Å². The molecule has 1 aromatic rings. The summed E-state index contributed by atoms with van der Waals surface area (Å²) in [7, 11) is 0. The molecule has 0 bridgehead atoms. The Morgan fingerprint density at radius 2 is 2.33 bits per heavy atom. The largest absolute Gasteiger partial charge is 0.389 e. The Morgan fingerprint density at radius 3 is 2.80 bits per heavy atom. The van der Waals surface area contributed by atoms with Gasteiger partial charge in [-0.3, -0.25) is 4.68 Å². The molecule has 5 heteroatoms. The molecule has 1 unspecified atom stereocenters. The van der Waals surface area contributed by atoms with E-state index in [-0.39, 0.29) is 6.04 Å². The van der Waals surface area contributed by atoms with Crippen LogP contribution in [0.5, 0.6) is 0 Å². The second-order valence-electron chi connectivity index (χ2n) is 4.47. The molecular formula is C10H18BrN3O. The van der Waals surface area contributed by atoms with Gasteiger partial charge in [0.2, 0.25) is 0 Å². The molecule has 0 fully saturated rings. The fourth-order valence-corrected chi connectivity index (χ4v) is 1.54. The molecule has 0 radical (unpaired) electrons. The fraction of sp³-hybridized carbons (Fsp3) is 0.700. The van der Waals surface area contributed by atoms with E-state index in [1.807, 2.05) is 10.9 Å². The van der Waals surface area contributed by atoms with Crippen LogP contribution in [0.4, 0.5) is 0 Å². The Labute approximate surface area is 98.8 Å².